The van der Waals surface area contributed by atoms with Crippen LogP contribution in [0.4, 0.5) is 0 Å². The molecule has 1 aromatic heterocycles. The van der Waals surface area contributed by atoms with Crippen LogP contribution in [0.25, 0.3) is 0 Å². The molecule has 1 heterocycles. The Morgan fingerprint density at radius 1 is 1.45 bits per heavy atom. The smallest absolute Gasteiger partial charge is 0.320 e. The SMILES string of the molecule is C[N+](C)(C)CC(O)CC(=O)[O-].N[C@@H](Cc1cnc[nH]1)C(=O)O. The first-order valence-corrected chi connectivity index (χ1v) is 6.65. The lowest BCUT2D eigenvalue weighted by atomic mass is 10.2. The molecule has 9 heteroatoms. The zero-order valence-corrected chi connectivity index (χ0v) is 13.0. The van der Waals surface area contributed by atoms with Crippen LogP contribution in [-0.4, -0.2) is 76.4 Å². The van der Waals surface area contributed by atoms with E-state index in [9.17, 15) is 14.7 Å². The van der Waals surface area contributed by atoms with Gasteiger partial charge in [-0.1, -0.05) is 0 Å². The Balaban J connectivity index is 0.000000401. The summed E-state index contributed by atoms with van der Waals surface area (Å²) in [6.45, 7) is 0.425. The molecule has 9 nitrogen and oxygen atoms in total. The van der Waals surface area contributed by atoms with Gasteiger partial charge in [0.1, 0.15) is 18.7 Å². The number of quaternary nitrogens is 1. The number of aromatic nitrogens is 2. The summed E-state index contributed by atoms with van der Waals surface area (Å²) >= 11 is 0. The molecule has 0 saturated carbocycles. The standard InChI is InChI=1S/C7H15NO3.C6H9N3O2/c1-8(2,3)5-6(9)4-7(10)11;7-5(6(10)11)1-4-2-8-3-9-4/h6,9H,4-5H2,1-3H3;2-3,5H,1,7H2,(H,8,9)(H,10,11)/t;5-/m.0/s1. The third kappa shape index (κ3) is 10.8. The molecular weight excluding hydrogens is 292 g/mol. The van der Waals surface area contributed by atoms with Crippen molar-refractivity contribution in [2.24, 2.45) is 5.73 Å². The maximum Gasteiger partial charge on any atom is 0.320 e. The Hall–Kier alpha value is -1.97. The second-order valence-electron chi connectivity index (χ2n) is 5.93. The summed E-state index contributed by atoms with van der Waals surface area (Å²) in [6.07, 6.45) is 2.25. The lowest BCUT2D eigenvalue weighted by Gasteiger charge is -2.26. The molecule has 0 bridgehead atoms. The van der Waals surface area contributed by atoms with Gasteiger partial charge in [-0.25, -0.2) is 4.98 Å². The quantitative estimate of drug-likeness (QED) is 0.408. The molecule has 1 unspecified atom stereocenters. The number of aliphatic hydroxyl groups is 1. The molecule has 126 valence electrons. The van der Waals surface area contributed by atoms with Crippen molar-refractivity contribution in [3.8, 4) is 0 Å². The van der Waals surface area contributed by atoms with Crippen LogP contribution in [0, 0.1) is 0 Å². The van der Waals surface area contributed by atoms with Crippen molar-refractivity contribution in [1.82, 2.24) is 9.97 Å². The number of aromatic amines is 1. The fourth-order valence-electron chi connectivity index (χ4n) is 1.61. The molecule has 22 heavy (non-hydrogen) atoms. The van der Waals surface area contributed by atoms with Gasteiger partial charge in [-0.15, -0.1) is 0 Å². The van der Waals surface area contributed by atoms with Gasteiger partial charge in [-0.2, -0.15) is 0 Å². The van der Waals surface area contributed by atoms with E-state index in [1.54, 1.807) is 6.20 Å². The summed E-state index contributed by atoms with van der Waals surface area (Å²) in [6, 6.07) is -0.851. The van der Waals surface area contributed by atoms with Crippen LogP contribution >= 0.6 is 0 Å². The van der Waals surface area contributed by atoms with Gasteiger partial charge in [0, 0.05) is 30.7 Å². The number of nitrogens with two attached hydrogens (primary N) is 1. The Bertz CT molecular complexity index is 455. The van der Waals surface area contributed by atoms with Crippen LogP contribution in [0.2, 0.25) is 0 Å². The van der Waals surface area contributed by atoms with E-state index in [4.69, 9.17) is 15.9 Å². The number of nitrogens with one attached hydrogen (secondary N) is 1. The Morgan fingerprint density at radius 2 is 2.05 bits per heavy atom. The minimum absolute atomic E-state index is 0.282. The largest absolute Gasteiger partial charge is 0.550 e. The fourth-order valence-corrected chi connectivity index (χ4v) is 1.61. The van der Waals surface area contributed by atoms with Gasteiger partial charge < -0.3 is 35.3 Å². The van der Waals surface area contributed by atoms with Crippen molar-refractivity contribution >= 4 is 11.9 Å². The average molecular weight is 316 g/mol. The number of carboxylic acid groups (broad SMARTS) is 2. The maximum atomic E-state index is 10.3. The van der Waals surface area contributed by atoms with E-state index in [1.165, 1.54) is 6.33 Å². The first-order chi connectivity index (χ1) is 10.0. The van der Waals surface area contributed by atoms with Crippen molar-refractivity contribution in [2.45, 2.75) is 25.0 Å². The molecule has 2 atom stereocenters. The first-order valence-electron chi connectivity index (χ1n) is 6.65. The Kier molecular flexibility index (Phi) is 8.31. The van der Waals surface area contributed by atoms with Crippen LogP contribution in [0.15, 0.2) is 12.5 Å². The topological polar surface area (TPSA) is 152 Å². The predicted octanol–water partition coefficient (Wildman–Crippen LogP) is -2.44. The summed E-state index contributed by atoms with van der Waals surface area (Å²) in [7, 11) is 5.66. The number of hydrogen-bond donors (Lipinski definition) is 4. The zero-order chi connectivity index (χ0) is 17.3. The monoisotopic (exact) mass is 316 g/mol. The molecule has 0 aromatic carbocycles. The number of carbonyl (C=O) groups is 2. The van der Waals surface area contributed by atoms with Crippen molar-refractivity contribution in [2.75, 3.05) is 27.7 Å². The molecule has 0 radical (unpaired) electrons. The zero-order valence-electron chi connectivity index (χ0n) is 13.0. The molecule has 0 aliphatic rings. The van der Waals surface area contributed by atoms with Gasteiger partial charge in [0.2, 0.25) is 0 Å². The van der Waals surface area contributed by atoms with Crippen LogP contribution in [0.1, 0.15) is 12.1 Å². The van der Waals surface area contributed by atoms with E-state index in [1.807, 2.05) is 21.1 Å². The normalized spacial score (nSPS) is 13.7. The highest BCUT2D eigenvalue weighted by Crippen LogP contribution is 1.98. The van der Waals surface area contributed by atoms with Crippen LogP contribution in [0.3, 0.4) is 0 Å². The number of aliphatic carboxylic acids is 2. The van der Waals surface area contributed by atoms with Crippen LogP contribution in [0.5, 0.6) is 0 Å². The van der Waals surface area contributed by atoms with Crippen molar-refractivity contribution in [3.05, 3.63) is 18.2 Å². The second kappa shape index (κ2) is 9.13. The minimum Gasteiger partial charge on any atom is -0.550 e. The number of H-pyrrole nitrogens is 1. The van der Waals surface area contributed by atoms with Crippen molar-refractivity contribution in [3.63, 3.8) is 0 Å². The number of likely N-dealkylation sites (N-methyl/N-ethyl adjacent to an activating group) is 1. The molecule has 0 saturated heterocycles. The van der Waals surface area contributed by atoms with Crippen LogP contribution < -0.4 is 10.8 Å². The highest BCUT2D eigenvalue weighted by Gasteiger charge is 2.15. The lowest BCUT2D eigenvalue weighted by Crippen LogP contribution is -2.43. The maximum absolute atomic E-state index is 10.3. The number of aliphatic hydroxyl groups excluding tert-OH is 1. The van der Waals surface area contributed by atoms with Gasteiger partial charge in [-0.05, 0) is 0 Å². The minimum atomic E-state index is -1.20. The molecule has 5 N–H and O–H groups in total. The van der Waals surface area contributed by atoms with E-state index in [0.29, 0.717) is 11.0 Å². The first kappa shape index (κ1) is 20.0. The third-order valence-corrected chi connectivity index (χ3v) is 2.47. The number of imidazole rings is 1. The summed E-state index contributed by atoms with van der Waals surface area (Å²) < 4.78 is 0.550. The van der Waals surface area contributed by atoms with Crippen molar-refractivity contribution < 1.29 is 29.4 Å². The molecule has 0 fully saturated rings. The third-order valence-electron chi connectivity index (χ3n) is 2.47. The highest BCUT2D eigenvalue weighted by atomic mass is 16.4. The molecule has 1 aromatic rings. The van der Waals surface area contributed by atoms with E-state index in [0.717, 1.165) is 5.69 Å². The molecule has 0 aliphatic carbocycles. The van der Waals surface area contributed by atoms with Gasteiger partial charge in [0.15, 0.2) is 0 Å². The summed E-state index contributed by atoms with van der Waals surface area (Å²) in [5.41, 5.74) is 6.00. The molecule has 0 aliphatic heterocycles. The number of rotatable bonds is 7. The molecular formula is C13H24N4O5. The lowest BCUT2D eigenvalue weighted by molar-refractivity contribution is -0.873. The molecule has 0 amide bonds. The summed E-state index contributed by atoms with van der Waals surface area (Å²) in [5.74, 6) is -2.20. The van der Waals surface area contributed by atoms with E-state index in [2.05, 4.69) is 9.97 Å². The van der Waals surface area contributed by atoms with E-state index < -0.39 is 24.1 Å². The fraction of sp³-hybridized carbons (Fsp3) is 0.615. The average Bonchev–Trinajstić information content (AvgIpc) is 2.78. The summed E-state index contributed by atoms with van der Waals surface area (Å²) in [4.78, 5) is 26.8. The molecule has 0 spiro atoms. The number of carboxylic acids is 2. The van der Waals surface area contributed by atoms with Crippen molar-refractivity contribution in [1.29, 1.82) is 0 Å². The number of nitrogens with zero attached hydrogens (tertiary/aromatic N) is 2. The van der Waals surface area contributed by atoms with Gasteiger partial charge in [-0.3, -0.25) is 4.79 Å². The summed E-state index contributed by atoms with van der Waals surface area (Å²) in [5, 5.41) is 27.6. The molecule has 1 rings (SSSR count). The van der Waals surface area contributed by atoms with Gasteiger partial charge in [0.05, 0.1) is 27.5 Å². The Labute approximate surface area is 129 Å². The highest BCUT2D eigenvalue weighted by molar-refractivity contribution is 5.73. The van der Waals surface area contributed by atoms with E-state index in [-0.39, 0.29) is 12.8 Å². The predicted molar refractivity (Wildman–Crippen MR) is 76.4 cm³/mol. The number of carbonyl (C=O) groups excluding carboxylic acids is 1. The number of hydrogen-bond acceptors (Lipinski definition) is 6. The van der Waals surface area contributed by atoms with Gasteiger partial charge in [0.25, 0.3) is 0 Å². The van der Waals surface area contributed by atoms with Crippen LogP contribution in [-0.2, 0) is 16.0 Å². The van der Waals surface area contributed by atoms with E-state index >= 15 is 0 Å². The second-order valence-corrected chi connectivity index (χ2v) is 5.93. The van der Waals surface area contributed by atoms with Gasteiger partial charge >= 0.3 is 5.97 Å². The Morgan fingerprint density at radius 3 is 2.41 bits per heavy atom.